The van der Waals surface area contributed by atoms with Crippen LogP contribution in [-0.2, 0) is 26.8 Å². The van der Waals surface area contributed by atoms with E-state index in [0.29, 0.717) is 25.1 Å². The van der Waals surface area contributed by atoms with Gasteiger partial charge in [-0.2, -0.15) is 0 Å². The quantitative estimate of drug-likeness (QED) is 0.754. The predicted molar refractivity (Wildman–Crippen MR) is 69.9 cm³/mol. The average Bonchev–Trinajstić information content (AvgIpc) is 2.73. The maximum atomic E-state index is 10.9. The summed E-state index contributed by atoms with van der Waals surface area (Å²) in [7, 11) is 0.586. The van der Waals surface area contributed by atoms with Crippen molar-refractivity contribution in [2.24, 2.45) is 0 Å². The molecule has 0 bridgehead atoms. The second kappa shape index (κ2) is 7.39. The number of methoxy groups -OCH3 is 1. The second-order valence-corrected chi connectivity index (χ2v) is 5.84. The highest BCUT2D eigenvalue weighted by Crippen LogP contribution is 2.16. The van der Waals surface area contributed by atoms with Crippen LogP contribution in [0.15, 0.2) is 5.38 Å². The van der Waals surface area contributed by atoms with Gasteiger partial charge in [-0.05, 0) is 0 Å². The van der Waals surface area contributed by atoms with Crippen LogP contribution in [0.2, 0.25) is 0 Å². The van der Waals surface area contributed by atoms with E-state index in [4.69, 9.17) is 0 Å². The van der Waals surface area contributed by atoms with Crippen molar-refractivity contribution >= 4 is 33.2 Å². The molecule has 0 aliphatic carbocycles. The van der Waals surface area contributed by atoms with Gasteiger partial charge in [0.2, 0.25) is 0 Å². The van der Waals surface area contributed by atoms with Crippen molar-refractivity contribution in [2.75, 3.05) is 31.0 Å². The molecule has 0 aromatic carbocycles. The average molecular weight is 276 g/mol. The molecule has 0 saturated heterocycles. The third kappa shape index (κ3) is 5.78. The normalized spacial score (nSPS) is 12.1. The minimum Gasteiger partial charge on any atom is -0.469 e. The number of anilines is 1. The minimum atomic E-state index is -0.790. The Morgan fingerprint density at radius 2 is 2.41 bits per heavy atom. The van der Waals surface area contributed by atoms with Crippen molar-refractivity contribution in [3.63, 3.8) is 0 Å². The third-order valence-corrected chi connectivity index (χ3v) is 3.66. The van der Waals surface area contributed by atoms with E-state index in [9.17, 15) is 9.00 Å². The first-order valence-corrected chi connectivity index (χ1v) is 7.77. The summed E-state index contributed by atoms with van der Waals surface area (Å²) in [4.78, 5) is 15.3. The topological polar surface area (TPSA) is 68.3 Å². The highest BCUT2D eigenvalue weighted by atomic mass is 32.2. The molecule has 1 heterocycles. The first kappa shape index (κ1) is 14.1. The summed E-state index contributed by atoms with van der Waals surface area (Å²) in [6.45, 7) is 0.646. The lowest BCUT2D eigenvalue weighted by Gasteiger charge is -1.99. The summed E-state index contributed by atoms with van der Waals surface area (Å²) >= 11 is 1.49. The van der Waals surface area contributed by atoms with E-state index in [1.54, 1.807) is 6.26 Å². The van der Waals surface area contributed by atoms with Gasteiger partial charge in [-0.25, -0.2) is 4.98 Å². The van der Waals surface area contributed by atoms with E-state index >= 15 is 0 Å². The van der Waals surface area contributed by atoms with E-state index in [2.05, 4.69) is 15.0 Å². The van der Waals surface area contributed by atoms with E-state index in [-0.39, 0.29) is 5.97 Å². The van der Waals surface area contributed by atoms with Gasteiger partial charge in [0.25, 0.3) is 0 Å². The molecule has 0 spiro atoms. The van der Waals surface area contributed by atoms with E-state index in [1.807, 2.05) is 5.38 Å². The Bertz CT molecular complexity index is 393. The number of rotatable bonds is 7. The zero-order valence-electron chi connectivity index (χ0n) is 9.89. The monoisotopic (exact) mass is 276 g/mol. The first-order valence-electron chi connectivity index (χ1n) is 5.17. The van der Waals surface area contributed by atoms with Crippen LogP contribution in [-0.4, -0.2) is 40.8 Å². The van der Waals surface area contributed by atoms with Crippen LogP contribution in [0.3, 0.4) is 0 Å². The van der Waals surface area contributed by atoms with Crippen LogP contribution >= 0.6 is 11.3 Å². The Kier molecular flexibility index (Phi) is 6.13. The molecule has 0 saturated carbocycles. The van der Waals surface area contributed by atoms with Crippen LogP contribution in [0, 0.1) is 0 Å². The molecule has 1 aromatic heterocycles. The lowest BCUT2D eigenvalue weighted by Crippen LogP contribution is -2.09. The van der Waals surface area contributed by atoms with Crippen LogP contribution < -0.4 is 5.32 Å². The van der Waals surface area contributed by atoms with Gasteiger partial charge in [0.1, 0.15) is 0 Å². The molecule has 1 rings (SSSR count). The molecule has 0 fully saturated rings. The van der Waals surface area contributed by atoms with Crippen molar-refractivity contribution in [1.82, 2.24) is 4.98 Å². The molecule has 1 N–H and O–H groups in total. The highest BCUT2D eigenvalue weighted by molar-refractivity contribution is 7.84. The van der Waals surface area contributed by atoms with Crippen LogP contribution in [0.1, 0.15) is 12.1 Å². The third-order valence-electron chi connectivity index (χ3n) is 2.03. The van der Waals surface area contributed by atoms with Gasteiger partial charge in [-0.15, -0.1) is 11.3 Å². The fraction of sp³-hybridized carbons (Fsp3) is 0.600. The van der Waals surface area contributed by atoms with Gasteiger partial charge in [0.05, 0.1) is 19.2 Å². The predicted octanol–water partition coefficient (Wildman–Crippen LogP) is 1.04. The fourth-order valence-corrected chi connectivity index (χ4v) is 2.30. The molecule has 0 aliphatic rings. The van der Waals surface area contributed by atoms with Gasteiger partial charge in [0.15, 0.2) is 5.13 Å². The molecule has 96 valence electrons. The number of aryl methyl sites for hydroxylation is 1. The minimum absolute atomic E-state index is 0.228. The van der Waals surface area contributed by atoms with Gasteiger partial charge >= 0.3 is 5.97 Å². The standard InChI is InChI=1S/C10H16N2O3S2/c1-15-9(13)4-3-8-7-16-10(12-8)11-5-6-17(2)14/h7H,3-6H2,1-2H3,(H,11,12). The molecule has 17 heavy (non-hydrogen) atoms. The summed E-state index contributed by atoms with van der Waals surface area (Å²) < 4.78 is 15.4. The van der Waals surface area contributed by atoms with Crippen LogP contribution in [0.25, 0.3) is 0 Å². The summed E-state index contributed by atoms with van der Waals surface area (Å²) in [5.41, 5.74) is 0.875. The molecular weight excluding hydrogens is 260 g/mol. The number of nitrogens with one attached hydrogen (secondary N) is 1. The zero-order valence-corrected chi connectivity index (χ0v) is 11.5. The number of thiazole rings is 1. The van der Waals surface area contributed by atoms with Crippen molar-refractivity contribution in [2.45, 2.75) is 12.8 Å². The fourth-order valence-electron chi connectivity index (χ4n) is 1.14. The summed E-state index contributed by atoms with van der Waals surface area (Å²) in [5, 5.41) is 5.81. The Morgan fingerprint density at radius 1 is 1.65 bits per heavy atom. The van der Waals surface area contributed by atoms with Crippen LogP contribution in [0.4, 0.5) is 5.13 Å². The number of nitrogens with zero attached hydrogens (tertiary/aromatic N) is 1. The Hall–Kier alpha value is -0.950. The molecule has 7 heteroatoms. The molecule has 0 radical (unpaired) electrons. The lowest BCUT2D eigenvalue weighted by atomic mass is 10.2. The summed E-state index contributed by atoms with van der Waals surface area (Å²) in [6.07, 6.45) is 2.61. The van der Waals surface area contributed by atoms with Crippen molar-refractivity contribution < 1.29 is 13.7 Å². The number of hydrogen-bond donors (Lipinski definition) is 1. The first-order chi connectivity index (χ1) is 8.11. The number of ether oxygens (including phenoxy) is 1. The van der Waals surface area contributed by atoms with Crippen molar-refractivity contribution in [1.29, 1.82) is 0 Å². The van der Waals surface area contributed by atoms with Gasteiger partial charge in [0, 0.05) is 41.2 Å². The Labute approximate surface area is 107 Å². The molecular formula is C10H16N2O3S2. The van der Waals surface area contributed by atoms with E-state index in [0.717, 1.165) is 10.8 Å². The molecule has 5 nitrogen and oxygen atoms in total. The molecule has 1 atom stereocenters. The number of esters is 1. The second-order valence-electron chi connectivity index (χ2n) is 3.42. The van der Waals surface area contributed by atoms with Crippen LogP contribution in [0.5, 0.6) is 0 Å². The number of carbonyl (C=O) groups excluding carboxylic acids is 1. The van der Waals surface area contributed by atoms with E-state index < -0.39 is 10.8 Å². The Balaban J connectivity index is 2.32. The van der Waals surface area contributed by atoms with Crippen molar-refractivity contribution in [3.8, 4) is 0 Å². The smallest absolute Gasteiger partial charge is 0.305 e. The zero-order chi connectivity index (χ0) is 12.7. The summed E-state index contributed by atoms with van der Waals surface area (Å²) in [6, 6.07) is 0. The largest absolute Gasteiger partial charge is 0.469 e. The molecule has 0 amide bonds. The number of aromatic nitrogens is 1. The van der Waals surface area contributed by atoms with Gasteiger partial charge < -0.3 is 10.1 Å². The molecule has 0 aliphatic heterocycles. The molecule has 1 aromatic rings. The summed E-state index contributed by atoms with van der Waals surface area (Å²) in [5.74, 6) is 0.380. The maximum absolute atomic E-state index is 10.9. The SMILES string of the molecule is COC(=O)CCc1csc(NCCS(C)=O)n1. The number of hydrogen-bond acceptors (Lipinski definition) is 6. The maximum Gasteiger partial charge on any atom is 0.305 e. The molecule has 1 unspecified atom stereocenters. The van der Waals surface area contributed by atoms with E-state index in [1.165, 1.54) is 18.4 Å². The van der Waals surface area contributed by atoms with Gasteiger partial charge in [-0.3, -0.25) is 9.00 Å². The lowest BCUT2D eigenvalue weighted by molar-refractivity contribution is -0.140. The Morgan fingerprint density at radius 3 is 3.06 bits per heavy atom. The number of carbonyl (C=O) groups is 1. The van der Waals surface area contributed by atoms with Gasteiger partial charge in [-0.1, -0.05) is 0 Å². The highest BCUT2D eigenvalue weighted by Gasteiger charge is 2.05. The van der Waals surface area contributed by atoms with Crippen molar-refractivity contribution in [3.05, 3.63) is 11.1 Å².